The Morgan fingerprint density at radius 3 is 2.06 bits per heavy atom. The first-order chi connectivity index (χ1) is 8.40. The molecular formula is C15H23NO2. The Balaban J connectivity index is 2.69. The predicted octanol–water partition coefficient (Wildman–Crippen LogP) is 3.04. The minimum atomic E-state index is -0.165. The van der Waals surface area contributed by atoms with E-state index in [0.717, 1.165) is 5.75 Å². The van der Waals surface area contributed by atoms with Gasteiger partial charge in [0, 0.05) is 11.6 Å². The van der Waals surface area contributed by atoms with Gasteiger partial charge in [-0.2, -0.15) is 0 Å². The molecule has 0 saturated carbocycles. The highest BCUT2D eigenvalue weighted by Gasteiger charge is 2.15. The molecule has 0 radical (unpaired) electrons. The van der Waals surface area contributed by atoms with Crippen molar-refractivity contribution in [1.29, 1.82) is 0 Å². The van der Waals surface area contributed by atoms with Crippen LogP contribution < -0.4 is 10.1 Å². The molecule has 0 aromatic heterocycles. The fraction of sp³-hybridized carbons (Fsp3) is 0.533. The Bertz CT molecular complexity index is 382. The number of carbonyl (C=O) groups is 1. The van der Waals surface area contributed by atoms with Crippen molar-refractivity contribution in [1.82, 2.24) is 5.32 Å². The number of ether oxygens (including phenoxy) is 1. The summed E-state index contributed by atoms with van der Waals surface area (Å²) in [4.78, 5) is 12.1. The van der Waals surface area contributed by atoms with E-state index in [1.165, 1.54) is 0 Å². The minimum Gasteiger partial charge on any atom is -0.491 e. The lowest BCUT2D eigenvalue weighted by molar-refractivity contribution is 0.0946. The summed E-state index contributed by atoms with van der Waals surface area (Å²) in [5.41, 5.74) is 0.715. The largest absolute Gasteiger partial charge is 0.491 e. The van der Waals surface area contributed by atoms with E-state index >= 15 is 0 Å². The first kappa shape index (κ1) is 14.7. The van der Waals surface area contributed by atoms with Gasteiger partial charge in [0.15, 0.2) is 5.78 Å². The third kappa shape index (κ3) is 4.49. The van der Waals surface area contributed by atoms with Crippen LogP contribution in [0.5, 0.6) is 5.75 Å². The first-order valence-corrected chi connectivity index (χ1v) is 6.47. The highest BCUT2D eigenvalue weighted by molar-refractivity contribution is 5.99. The number of hydrogen-bond donors (Lipinski definition) is 1. The molecule has 1 atom stereocenters. The van der Waals surface area contributed by atoms with Crippen LogP contribution >= 0.6 is 0 Å². The molecule has 18 heavy (non-hydrogen) atoms. The Labute approximate surface area is 110 Å². The summed E-state index contributed by atoms with van der Waals surface area (Å²) in [6, 6.07) is 7.45. The third-order valence-electron chi connectivity index (χ3n) is 2.49. The monoisotopic (exact) mass is 249 g/mol. The van der Waals surface area contributed by atoms with E-state index in [0.29, 0.717) is 11.6 Å². The molecule has 0 spiro atoms. The number of nitrogens with one attached hydrogen (secondary N) is 1. The van der Waals surface area contributed by atoms with Crippen molar-refractivity contribution < 1.29 is 9.53 Å². The SMILES string of the molecule is CC(C)NC(C)C(=O)c1ccc(OC(C)C)cc1. The van der Waals surface area contributed by atoms with Crippen LogP contribution in [0.1, 0.15) is 45.0 Å². The van der Waals surface area contributed by atoms with Crippen molar-refractivity contribution >= 4 is 5.78 Å². The maximum absolute atomic E-state index is 12.1. The second-order valence-electron chi connectivity index (χ2n) is 5.10. The summed E-state index contributed by atoms with van der Waals surface area (Å²) >= 11 is 0. The molecule has 3 heteroatoms. The van der Waals surface area contributed by atoms with Crippen molar-refractivity contribution in [2.24, 2.45) is 0 Å². The standard InChI is InChI=1S/C15H23NO2/c1-10(2)16-12(5)15(17)13-6-8-14(9-7-13)18-11(3)4/h6-12,16H,1-5H3. The topological polar surface area (TPSA) is 38.3 Å². The van der Waals surface area contributed by atoms with Crippen molar-refractivity contribution in [3.63, 3.8) is 0 Å². The van der Waals surface area contributed by atoms with E-state index in [-0.39, 0.29) is 17.9 Å². The maximum atomic E-state index is 12.1. The maximum Gasteiger partial charge on any atom is 0.179 e. The average Bonchev–Trinajstić information content (AvgIpc) is 2.27. The van der Waals surface area contributed by atoms with Crippen LogP contribution in [0.15, 0.2) is 24.3 Å². The van der Waals surface area contributed by atoms with Gasteiger partial charge in [0.1, 0.15) is 5.75 Å². The zero-order valence-corrected chi connectivity index (χ0v) is 11.9. The normalized spacial score (nSPS) is 12.8. The van der Waals surface area contributed by atoms with Gasteiger partial charge in [-0.1, -0.05) is 13.8 Å². The van der Waals surface area contributed by atoms with Crippen LogP contribution in [0.25, 0.3) is 0 Å². The molecule has 100 valence electrons. The number of rotatable bonds is 6. The van der Waals surface area contributed by atoms with Crippen molar-refractivity contribution in [2.45, 2.75) is 52.8 Å². The van der Waals surface area contributed by atoms with Gasteiger partial charge in [-0.05, 0) is 45.0 Å². The minimum absolute atomic E-state index is 0.111. The smallest absolute Gasteiger partial charge is 0.179 e. The van der Waals surface area contributed by atoms with Gasteiger partial charge in [-0.3, -0.25) is 4.79 Å². The molecule has 0 aliphatic heterocycles. The van der Waals surface area contributed by atoms with Crippen molar-refractivity contribution in [3.05, 3.63) is 29.8 Å². The molecule has 0 aliphatic carbocycles. The molecule has 0 bridgehead atoms. The van der Waals surface area contributed by atoms with Gasteiger partial charge in [-0.15, -0.1) is 0 Å². The lowest BCUT2D eigenvalue weighted by atomic mass is 10.0. The molecule has 1 N–H and O–H groups in total. The molecule has 0 aliphatic rings. The Kier molecular flexibility index (Phi) is 5.35. The van der Waals surface area contributed by atoms with E-state index < -0.39 is 0 Å². The summed E-state index contributed by atoms with van der Waals surface area (Å²) in [6.07, 6.45) is 0.146. The molecule has 3 nitrogen and oxygen atoms in total. The summed E-state index contributed by atoms with van der Waals surface area (Å²) in [5.74, 6) is 0.908. The molecule has 0 saturated heterocycles. The van der Waals surface area contributed by atoms with Gasteiger partial charge >= 0.3 is 0 Å². The van der Waals surface area contributed by atoms with Crippen LogP contribution in [0.2, 0.25) is 0 Å². The van der Waals surface area contributed by atoms with Crippen LogP contribution in [0, 0.1) is 0 Å². The quantitative estimate of drug-likeness (QED) is 0.787. The van der Waals surface area contributed by atoms with Crippen molar-refractivity contribution in [2.75, 3.05) is 0 Å². The number of hydrogen-bond acceptors (Lipinski definition) is 3. The molecular weight excluding hydrogens is 226 g/mol. The molecule has 1 aromatic rings. The van der Waals surface area contributed by atoms with E-state index in [1.807, 2.05) is 58.9 Å². The molecule has 0 amide bonds. The summed E-state index contributed by atoms with van der Waals surface area (Å²) in [5, 5.41) is 3.21. The summed E-state index contributed by atoms with van der Waals surface area (Å²) in [6.45, 7) is 9.91. The van der Waals surface area contributed by atoms with Crippen LogP contribution in [0.3, 0.4) is 0 Å². The van der Waals surface area contributed by atoms with Crippen LogP contribution in [-0.4, -0.2) is 24.0 Å². The van der Waals surface area contributed by atoms with Gasteiger partial charge in [0.25, 0.3) is 0 Å². The van der Waals surface area contributed by atoms with Crippen molar-refractivity contribution in [3.8, 4) is 5.75 Å². The van der Waals surface area contributed by atoms with E-state index in [1.54, 1.807) is 0 Å². The summed E-state index contributed by atoms with van der Waals surface area (Å²) in [7, 11) is 0. The fourth-order valence-electron chi connectivity index (χ4n) is 1.80. The second kappa shape index (κ2) is 6.55. The first-order valence-electron chi connectivity index (χ1n) is 6.47. The van der Waals surface area contributed by atoms with Gasteiger partial charge in [0.2, 0.25) is 0 Å². The van der Waals surface area contributed by atoms with Gasteiger partial charge in [-0.25, -0.2) is 0 Å². The Morgan fingerprint density at radius 1 is 1.06 bits per heavy atom. The number of benzene rings is 1. The van der Waals surface area contributed by atoms with E-state index in [2.05, 4.69) is 5.32 Å². The zero-order valence-electron chi connectivity index (χ0n) is 11.9. The third-order valence-corrected chi connectivity index (χ3v) is 2.49. The van der Waals surface area contributed by atoms with E-state index in [4.69, 9.17) is 4.74 Å². The zero-order chi connectivity index (χ0) is 13.7. The summed E-state index contributed by atoms with van der Waals surface area (Å²) < 4.78 is 5.55. The van der Waals surface area contributed by atoms with E-state index in [9.17, 15) is 4.79 Å². The highest BCUT2D eigenvalue weighted by atomic mass is 16.5. The molecule has 0 fully saturated rings. The van der Waals surface area contributed by atoms with Crippen LogP contribution in [-0.2, 0) is 0 Å². The van der Waals surface area contributed by atoms with Gasteiger partial charge in [0.05, 0.1) is 12.1 Å². The molecule has 0 heterocycles. The second-order valence-corrected chi connectivity index (χ2v) is 5.10. The molecule has 1 rings (SSSR count). The lowest BCUT2D eigenvalue weighted by Crippen LogP contribution is -2.38. The predicted molar refractivity (Wildman–Crippen MR) is 74.3 cm³/mol. The lowest BCUT2D eigenvalue weighted by Gasteiger charge is -2.16. The Hall–Kier alpha value is -1.35. The average molecular weight is 249 g/mol. The number of ketones is 1. The highest BCUT2D eigenvalue weighted by Crippen LogP contribution is 2.15. The number of Topliss-reactive ketones (excluding diaryl/α,β-unsaturated/α-hetero) is 1. The Morgan fingerprint density at radius 2 is 1.61 bits per heavy atom. The fourth-order valence-corrected chi connectivity index (χ4v) is 1.80. The van der Waals surface area contributed by atoms with Crippen LogP contribution in [0.4, 0.5) is 0 Å². The number of carbonyl (C=O) groups excluding carboxylic acids is 1. The van der Waals surface area contributed by atoms with Gasteiger partial charge < -0.3 is 10.1 Å². The molecule has 1 unspecified atom stereocenters. The molecule has 1 aromatic carbocycles.